The third-order valence-corrected chi connectivity index (χ3v) is 4.03. The number of aromatic nitrogens is 3. The zero-order valence-electron chi connectivity index (χ0n) is 14.1. The lowest BCUT2D eigenvalue weighted by Crippen LogP contribution is -2.28. The summed E-state index contributed by atoms with van der Waals surface area (Å²) in [7, 11) is 1.69. The molecular formula is C18H17BrN6O. The Morgan fingerprint density at radius 3 is 2.62 bits per heavy atom. The van der Waals surface area contributed by atoms with Gasteiger partial charge in [0.2, 0.25) is 17.7 Å². The number of nitrogen functional groups attached to an aromatic ring is 1. The van der Waals surface area contributed by atoms with E-state index in [1.54, 1.807) is 7.05 Å². The number of nitrogens with two attached hydrogens (primary N) is 1. The highest BCUT2D eigenvalue weighted by molar-refractivity contribution is 9.10. The average Bonchev–Trinajstić information content (AvgIpc) is 2.61. The molecule has 0 aliphatic rings. The molecule has 2 aromatic carbocycles. The number of benzene rings is 2. The summed E-state index contributed by atoms with van der Waals surface area (Å²) in [4.78, 5) is 26.4. The van der Waals surface area contributed by atoms with Gasteiger partial charge < -0.3 is 16.0 Å². The summed E-state index contributed by atoms with van der Waals surface area (Å²) in [6, 6.07) is 17.2. The van der Waals surface area contributed by atoms with Crippen molar-refractivity contribution in [2.24, 2.45) is 0 Å². The fourth-order valence-corrected chi connectivity index (χ4v) is 2.74. The van der Waals surface area contributed by atoms with Crippen LogP contribution in [0.4, 0.5) is 17.6 Å². The fourth-order valence-electron chi connectivity index (χ4n) is 2.34. The zero-order valence-corrected chi connectivity index (χ0v) is 15.6. The van der Waals surface area contributed by atoms with E-state index in [-0.39, 0.29) is 23.6 Å². The fraction of sp³-hybridized carbons (Fsp3) is 0.111. The van der Waals surface area contributed by atoms with Gasteiger partial charge in [-0.25, -0.2) is 0 Å². The van der Waals surface area contributed by atoms with Crippen molar-refractivity contribution in [2.75, 3.05) is 18.1 Å². The van der Waals surface area contributed by atoms with Crippen LogP contribution in [0, 0.1) is 0 Å². The topological polar surface area (TPSA) is 97.0 Å². The van der Waals surface area contributed by atoms with Crippen molar-refractivity contribution in [1.29, 1.82) is 0 Å². The number of carbonyl (C=O) groups is 1. The molecular weight excluding hydrogens is 396 g/mol. The van der Waals surface area contributed by atoms with E-state index in [0.29, 0.717) is 6.54 Å². The van der Waals surface area contributed by atoms with Crippen molar-refractivity contribution in [3.05, 3.63) is 70.5 Å². The molecule has 7 nitrogen and oxygen atoms in total. The molecule has 0 fully saturated rings. The van der Waals surface area contributed by atoms with E-state index >= 15 is 0 Å². The first-order valence-corrected chi connectivity index (χ1v) is 8.64. The summed E-state index contributed by atoms with van der Waals surface area (Å²) in [5.41, 5.74) is 7.53. The van der Waals surface area contributed by atoms with Gasteiger partial charge in [0, 0.05) is 23.8 Å². The Morgan fingerprint density at radius 1 is 1.12 bits per heavy atom. The minimum atomic E-state index is -0.333. The number of amides is 1. The molecule has 0 aliphatic carbocycles. The molecule has 1 aromatic heterocycles. The normalized spacial score (nSPS) is 10.4. The van der Waals surface area contributed by atoms with E-state index in [2.05, 4.69) is 36.2 Å². The molecule has 0 unspecified atom stereocenters. The third-order valence-electron chi connectivity index (χ3n) is 3.53. The zero-order chi connectivity index (χ0) is 18.5. The van der Waals surface area contributed by atoms with Gasteiger partial charge in [0.25, 0.3) is 5.91 Å². The lowest BCUT2D eigenvalue weighted by molar-refractivity contribution is 0.0773. The minimum absolute atomic E-state index is 0.00609. The predicted molar refractivity (Wildman–Crippen MR) is 104 cm³/mol. The van der Waals surface area contributed by atoms with E-state index < -0.39 is 0 Å². The van der Waals surface area contributed by atoms with Crippen molar-refractivity contribution < 1.29 is 4.79 Å². The van der Waals surface area contributed by atoms with Crippen molar-refractivity contribution in [1.82, 2.24) is 19.9 Å². The Labute approximate surface area is 159 Å². The third kappa shape index (κ3) is 4.54. The molecule has 0 atom stereocenters. The number of nitrogens with one attached hydrogen (secondary N) is 1. The molecule has 0 radical (unpaired) electrons. The molecule has 3 aromatic rings. The highest BCUT2D eigenvalue weighted by Gasteiger charge is 2.17. The van der Waals surface area contributed by atoms with Crippen molar-refractivity contribution >= 4 is 39.4 Å². The van der Waals surface area contributed by atoms with Crippen LogP contribution in [-0.4, -0.2) is 32.8 Å². The Bertz CT molecular complexity index is 919. The first kappa shape index (κ1) is 17.8. The van der Waals surface area contributed by atoms with Gasteiger partial charge in [-0.05, 0) is 23.8 Å². The van der Waals surface area contributed by atoms with Crippen LogP contribution in [0.25, 0.3) is 0 Å². The molecule has 0 spiro atoms. The van der Waals surface area contributed by atoms with Gasteiger partial charge in [-0.1, -0.05) is 52.3 Å². The van der Waals surface area contributed by atoms with Crippen molar-refractivity contribution in [3.8, 4) is 0 Å². The van der Waals surface area contributed by atoms with Gasteiger partial charge in [0.1, 0.15) is 0 Å². The Hall–Kier alpha value is -3.00. The Morgan fingerprint density at radius 2 is 1.88 bits per heavy atom. The van der Waals surface area contributed by atoms with Crippen molar-refractivity contribution in [3.63, 3.8) is 0 Å². The monoisotopic (exact) mass is 412 g/mol. The number of hydrogen-bond acceptors (Lipinski definition) is 6. The molecule has 1 heterocycles. The van der Waals surface area contributed by atoms with Gasteiger partial charge >= 0.3 is 0 Å². The summed E-state index contributed by atoms with van der Waals surface area (Å²) in [6.07, 6.45) is 0. The Balaban J connectivity index is 1.79. The molecule has 1 amide bonds. The SMILES string of the molecule is CN(Cc1ccccc1)C(=O)c1nc(N)nc(Nc2cccc(Br)c2)n1. The summed E-state index contributed by atoms with van der Waals surface area (Å²) in [6.45, 7) is 0.444. The van der Waals surface area contributed by atoms with Gasteiger partial charge in [0.15, 0.2) is 0 Å². The van der Waals surface area contributed by atoms with E-state index in [1.807, 2.05) is 54.6 Å². The van der Waals surface area contributed by atoms with Gasteiger partial charge in [-0.2, -0.15) is 15.0 Å². The van der Waals surface area contributed by atoms with Crippen LogP contribution >= 0.6 is 15.9 Å². The first-order chi connectivity index (χ1) is 12.5. The number of rotatable bonds is 5. The number of anilines is 3. The molecule has 26 heavy (non-hydrogen) atoms. The lowest BCUT2D eigenvalue weighted by atomic mass is 10.2. The summed E-state index contributed by atoms with van der Waals surface area (Å²) in [5.74, 6) is -0.144. The second kappa shape index (κ2) is 7.92. The quantitative estimate of drug-likeness (QED) is 0.667. The van der Waals surface area contributed by atoms with Crippen LogP contribution in [0.2, 0.25) is 0 Å². The summed E-state index contributed by atoms with van der Waals surface area (Å²) in [5, 5.41) is 3.03. The van der Waals surface area contributed by atoms with E-state index in [4.69, 9.17) is 5.73 Å². The largest absolute Gasteiger partial charge is 0.368 e. The van der Waals surface area contributed by atoms with Crippen LogP contribution in [0.15, 0.2) is 59.1 Å². The molecule has 0 bridgehead atoms. The molecule has 0 saturated heterocycles. The standard InChI is InChI=1S/C18H17BrN6O/c1-25(11-12-6-3-2-4-7-12)16(26)15-22-17(20)24-18(23-15)21-14-9-5-8-13(19)10-14/h2-10H,11H2,1H3,(H3,20,21,22,23,24). The maximum atomic E-state index is 12.6. The molecule has 3 N–H and O–H groups in total. The minimum Gasteiger partial charge on any atom is -0.368 e. The molecule has 8 heteroatoms. The molecule has 0 saturated carbocycles. The predicted octanol–water partition coefficient (Wildman–Crippen LogP) is 3.23. The molecule has 0 aliphatic heterocycles. The average molecular weight is 413 g/mol. The first-order valence-electron chi connectivity index (χ1n) is 7.85. The smallest absolute Gasteiger partial charge is 0.291 e. The van der Waals surface area contributed by atoms with Gasteiger partial charge in [0.05, 0.1) is 0 Å². The van der Waals surface area contributed by atoms with Gasteiger partial charge in [-0.15, -0.1) is 0 Å². The second-order valence-electron chi connectivity index (χ2n) is 5.62. The highest BCUT2D eigenvalue weighted by atomic mass is 79.9. The van der Waals surface area contributed by atoms with E-state index in [9.17, 15) is 4.79 Å². The Kier molecular flexibility index (Phi) is 5.43. The maximum Gasteiger partial charge on any atom is 0.291 e. The van der Waals surface area contributed by atoms with Gasteiger partial charge in [-0.3, -0.25) is 4.79 Å². The number of nitrogens with zero attached hydrogens (tertiary/aromatic N) is 4. The highest BCUT2D eigenvalue weighted by Crippen LogP contribution is 2.19. The molecule has 132 valence electrons. The number of halogens is 1. The van der Waals surface area contributed by atoms with E-state index in [0.717, 1.165) is 15.7 Å². The second-order valence-corrected chi connectivity index (χ2v) is 6.54. The summed E-state index contributed by atoms with van der Waals surface area (Å²) >= 11 is 3.40. The van der Waals surface area contributed by atoms with Crippen LogP contribution in [-0.2, 0) is 6.54 Å². The van der Waals surface area contributed by atoms with E-state index in [1.165, 1.54) is 4.90 Å². The number of hydrogen-bond donors (Lipinski definition) is 2. The molecule has 3 rings (SSSR count). The lowest BCUT2D eigenvalue weighted by Gasteiger charge is -2.16. The van der Waals surface area contributed by atoms with Crippen LogP contribution in [0.1, 0.15) is 16.2 Å². The van der Waals surface area contributed by atoms with Crippen LogP contribution < -0.4 is 11.1 Å². The maximum absolute atomic E-state index is 12.6. The van der Waals surface area contributed by atoms with Crippen LogP contribution in [0.5, 0.6) is 0 Å². The van der Waals surface area contributed by atoms with Crippen LogP contribution in [0.3, 0.4) is 0 Å². The number of carbonyl (C=O) groups excluding carboxylic acids is 1. The summed E-state index contributed by atoms with van der Waals surface area (Å²) < 4.78 is 0.906. The van der Waals surface area contributed by atoms with Crippen molar-refractivity contribution in [2.45, 2.75) is 6.54 Å².